The summed E-state index contributed by atoms with van der Waals surface area (Å²) in [5.41, 5.74) is 8.87. The Bertz CT molecular complexity index is 400. The van der Waals surface area contributed by atoms with E-state index in [2.05, 4.69) is 26.8 Å². The summed E-state index contributed by atoms with van der Waals surface area (Å²) in [7, 11) is 1.73. The molecule has 0 atom stereocenters. The van der Waals surface area contributed by atoms with E-state index in [0.717, 1.165) is 18.6 Å². The van der Waals surface area contributed by atoms with Gasteiger partial charge in [0.2, 0.25) is 0 Å². The highest BCUT2D eigenvalue weighted by Crippen LogP contribution is 2.57. The van der Waals surface area contributed by atoms with E-state index in [1.807, 2.05) is 12.1 Å². The minimum atomic E-state index is -0.188. The lowest BCUT2D eigenvalue weighted by atomic mass is 9.77. The van der Waals surface area contributed by atoms with Gasteiger partial charge in [0.1, 0.15) is 5.75 Å². The molecule has 0 spiro atoms. The molecule has 0 saturated heterocycles. The first kappa shape index (κ1) is 11.5. The molecule has 0 heterocycles. The number of hydrogen-bond acceptors (Lipinski definition) is 2. The highest BCUT2D eigenvalue weighted by Gasteiger charge is 2.55. The van der Waals surface area contributed by atoms with Crippen molar-refractivity contribution < 1.29 is 4.74 Å². The number of benzene rings is 1. The highest BCUT2D eigenvalue weighted by atomic mass is 16.5. The molecule has 0 radical (unpaired) electrons. The van der Waals surface area contributed by atoms with Gasteiger partial charge in [0.05, 0.1) is 7.11 Å². The molecule has 0 aliphatic heterocycles. The van der Waals surface area contributed by atoms with Gasteiger partial charge in [-0.3, -0.25) is 0 Å². The van der Waals surface area contributed by atoms with Gasteiger partial charge in [0.25, 0.3) is 0 Å². The fourth-order valence-electron chi connectivity index (χ4n) is 2.77. The Morgan fingerprint density at radius 1 is 1.31 bits per heavy atom. The smallest absolute Gasteiger partial charge is 0.122 e. The Morgan fingerprint density at radius 2 is 1.94 bits per heavy atom. The van der Waals surface area contributed by atoms with Gasteiger partial charge in [-0.2, -0.15) is 0 Å². The molecule has 2 nitrogen and oxygen atoms in total. The molecule has 0 aromatic heterocycles. The van der Waals surface area contributed by atoms with E-state index in [1.54, 1.807) is 7.11 Å². The van der Waals surface area contributed by atoms with Crippen LogP contribution in [0.2, 0.25) is 0 Å². The van der Waals surface area contributed by atoms with Crippen molar-refractivity contribution in [3.05, 3.63) is 29.3 Å². The van der Waals surface area contributed by atoms with Crippen LogP contribution in [0.3, 0.4) is 0 Å². The molecule has 2 heteroatoms. The fraction of sp³-hybridized carbons (Fsp3) is 0.571. The summed E-state index contributed by atoms with van der Waals surface area (Å²) in [5.74, 6) is 0.982. The zero-order valence-electron chi connectivity index (χ0n) is 10.6. The number of aryl methyl sites for hydroxylation is 1. The molecule has 16 heavy (non-hydrogen) atoms. The molecule has 1 aliphatic carbocycles. The largest absolute Gasteiger partial charge is 0.496 e. The average Bonchev–Trinajstić information content (AvgIpc) is 2.97. The van der Waals surface area contributed by atoms with Gasteiger partial charge in [-0.05, 0) is 45.2 Å². The molecule has 2 N–H and O–H groups in total. The van der Waals surface area contributed by atoms with Crippen LogP contribution in [-0.4, -0.2) is 12.6 Å². The van der Waals surface area contributed by atoms with Gasteiger partial charge >= 0.3 is 0 Å². The van der Waals surface area contributed by atoms with Crippen molar-refractivity contribution >= 4 is 0 Å². The number of ether oxygens (including phenoxy) is 1. The second-order valence-electron chi connectivity index (χ2n) is 5.46. The van der Waals surface area contributed by atoms with E-state index in [-0.39, 0.29) is 11.0 Å². The first-order valence-corrected chi connectivity index (χ1v) is 5.85. The van der Waals surface area contributed by atoms with Crippen molar-refractivity contribution in [2.75, 3.05) is 7.11 Å². The first-order valence-electron chi connectivity index (χ1n) is 5.85. The van der Waals surface area contributed by atoms with Gasteiger partial charge in [-0.1, -0.05) is 12.1 Å². The third kappa shape index (κ3) is 1.52. The van der Waals surface area contributed by atoms with Gasteiger partial charge in [-0.15, -0.1) is 0 Å². The van der Waals surface area contributed by atoms with Gasteiger partial charge < -0.3 is 10.5 Å². The number of nitrogens with two attached hydrogens (primary N) is 1. The predicted molar refractivity (Wildman–Crippen MR) is 66.9 cm³/mol. The number of methoxy groups -OCH3 is 1. The summed E-state index contributed by atoms with van der Waals surface area (Å²) >= 11 is 0. The lowest BCUT2D eigenvalue weighted by Gasteiger charge is -2.33. The Morgan fingerprint density at radius 3 is 2.38 bits per heavy atom. The molecule has 1 fully saturated rings. The zero-order chi connectivity index (χ0) is 12.0. The van der Waals surface area contributed by atoms with Crippen molar-refractivity contribution in [2.45, 2.75) is 44.6 Å². The van der Waals surface area contributed by atoms with E-state index in [9.17, 15) is 0 Å². The van der Waals surface area contributed by atoms with Crippen LogP contribution in [0.5, 0.6) is 5.75 Å². The van der Waals surface area contributed by atoms with E-state index >= 15 is 0 Å². The molecule has 1 saturated carbocycles. The summed E-state index contributed by atoms with van der Waals surface area (Å²) < 4.78 is 5.49. The second-order valence-corrected chi connectivity index (χ2v) is 5.46. The third-order valence-corrected chi connectivity index (χ3v) is 3.92. The van der Waals surface area contributed by atoms with Crippen LogP contribution in [0.1, 0.15) is 37.8 Å². The number of hydrogen-bond donors (Lipinski definition) is 1. The summed E-state index contributed by atoms with van der Waals surface area (Å²) in [4.78, 5) is 0. The van der Waals surface area contributed by atoms with E-state index in [1.165, 1.54) is 11.1 Å². The molecule has 0 unspecified atom stereocenters. The lowest BCUT2D eigenvalue weighted by Crippen LogP contribution is -2.45. The summed E-state index contributed by atoms with van der Waals surface area (Å²) in [6.45, 7) is 6.38. The van der Waals surface area contributed by atoms with Gasteiger partial charge in [-0.25, -0.2) is 0 Å². The fourth-order valence-corrected chi connectivity index (χ4v) is 2.77. The van der Waals surface area contributed by atoms with Gasteiger partial charge in [0.15, 0.2) is 0 Å². The highest BCUT2D eigenvalue weighted by molar-refractivity contribution is 5.50. The summed E-state index contributed by atoms with van der Waals surface area (Å²) in [6, 6.07) is 6.22. The lowest BCUT2D eigenvalue weighted by molar-refractivity contribution is 0.358. The van der Waals surface area contributed by atoms with Gasteiger partial charge in [0, 0.05) is 16.5 Å². The van der Waals surface area contributed by atoms with Crippen molar-refractivity contribution in [3.8, 4) is 5.75 Å². The predicted octanol–water partition coefficient (Wildman–Crippen LogP) is 2.77. The molecule has 1 aromatic carbocycles. The van der Waals surface area contributed by atoms with Crippen molar-refractivity contribution in [2.24, 2.45) is 5.73 Å². The van der Waals surface area contributed by atoms with E-state index < -0.39 is 0 Å². The molecule has 1 aromatic rings. The molecular formula is C14H21NO. The molecule has 1 aliphatic rings. The van der Waals surface area contributed by atoms with Crippen LogP contribution in [0, 0.1) is 6.92 Å². The molecule has 0 bridgehead atoms. The molecule has 0 amide bonds. The summed E-state index contributed by atoms with van der Waals surface area (Å²) in [5, 5.41) is 0. The maximum Gasteiger partial charge on any atom is 0.122 e. The monoisotopic (exact) mass is 219 g/mol. The third-order valence-electron chi connectivity index (χ3n) is 3.92. The minimum absolute atomic E-state index is 0.115. The maximum absolute atomic E-state index is 6.34. The first-order chi connectivity index (χ1) is 7.42. The minimum Gasteiger partial charge on any atom is -0.496 e. The van der Waals surface area contributed by atoms with E-state index in [4.69, 9.17) is 10.5 Å². The Kier molecular flexibility index (Phi) is 2.50. The molecule has 2 rings (SSSR count). The zero-order valence-corrected chi connectivity index (χ0v) is 10.6. The second kappa shape index (κ2) is 3.49. The van der Waals surface area contributed by atoms with Crippen LogP contribution in [-0.2, 0) is 5.41 Å². The summed E-state index contributed by atoms with van der Waals surface area (Å²) in [6.07, 6.45) is 2.33. The Hall–Kier alpha value is -1.02. The SMILES string of the molecule is COc1cccc(C)c1C1(C(C)(C)N)CC1. The van der Waals surface area contributed by atoms with Crippen molar-refractivity contribution in [3.63, 3.8) is 0 Å². The average molecular weight is 219 g/mol. The molecular weight excluding hydrogens is 198 g/mol. The Labute approximate surface area is 97.8 Å². The van der Waals surface area contributed by atoms with Crippen LogP contribution in [0.25, 0.3) is 0 Å². The van der Waals surface area contributed by atoms with Crippen molar-refractivity contribution in [1.29, 1.82) is 0 Å². The molecule has 88 valence electrons. The van der Waals surface area contributed by atoms with Crippen LogP contribution >= 0.6 is 0 Å². The van der Waals surface area contributed by atoms with Crippen molar-refractivity contribution in [1.82, 2.24) is 0 Å². The normalized spacial score (nSPS) is 18.3. The van der Waals surface area contributed by atoms with E-state index in [0.29, 0.717) is 0 Å². The topological polar surface area (TPSA) is 35.2 Å². The maximum atomic E-state index is 6.34. The van der Waals surface area contributed by atoms with Crippen LogP contribution in [0.4, 0.5) is 0 Å². The van der Waals surface area contributed by atoms with Crippen LogP contribution < -0.4 is 10.5 Å². The van der Waals surface area contributed by atoms with Crippen LogP contribution in [0.15, 0.2) is 18.2 Å². The quantitative estimate of drug-likeness (QED) is 0.848. The number of rotatable bonds is 3. The Balaban J connectivity index is 2.56. The standard InChI is InChI=1S/C14H21NO/c1-10-6-5-7-11(16-4)12(10)14(8-9-14)13(2,3)15/h5-7H,8-9,15H2,1-4H3.